The Morgan fingerprint density at radius 2 is 2.17 bits per heavy atom. The minimum absolute atomic E-state index is 0.0806. The van der Waals surface area contributed by atoms with Gasteiger partial charge in [0, 0.05) is 31.9 Å². The Labute approximate surface area is 108 Å². The van der Waals surface area contributed by atoms with Crippen molar-refractivity contribution in [2.45, 2.75) is 24.8 Å². The molecule has 0 saturated heterocycles. The molecular formula is C11H19N3O3S. The third-order valence-corrected chi connectivity index (χ3v) is 4.56. The fraction of sp³-hybridized carbons (Fsp3) is 0.545. The molecule has 1 aromatic rings. The molecule has 0 fully saturated rings. The highest BCUT2D eigenvalue weighted by atomic mass is 32.2. The van der Waals surface area contributed by atoms with Crippen molar-refractivity contribution in [2.24, 2.45) is 0 Å². The van der Waals surface area contributed by atoms with Gasteiger partial charge in [0.2, 0.25) is 10.0 Å². The normalized spacial score (nSPS) is 12.1. The number of rotatable bonds is 6. The fourth-order valence-corrected chi connectivity index (χ4v) is 3.24. The quantitative estimate of drug-likeness (QED) is 0.789. The van der Waals surface area contributed by atoms with Crippen LogP contribution in [0.25, 0.3) is 0 Å². The van der Waals surface area contributed by atoms with Crippen molar-refractivity contribution in [1.82, 2.24) is 9.29 Å². The van der Waals surface area contributed by atoms with Crippen molar-refractivity contribution in [3.05, 3.63) is 18.3 Å². The first kappa shape index (κ1) is 14.9. The molecule has 0 spiro atoms. The molecule has 0 saturated carbocycles. The number of nitrogens with zero attached hydrogens (tertiary/aromatic N) is 2. The minimum Gasteiger partial charge on any atom is -0.395 e. The molecule has 2 N–H and O–H groups in total. The summed E-state index contributed by atoms with van der Waals surface area (Å²) >= 11 is 0. The van der Waals surface area contributed by atoms with Crippen LogP contribution in [0, 0.1) is 0 Å². The lowest BCUT2D eigenvalue weighted by Crippen LogP contribution is -2.38. The summed E-state index contributed by atoms with van der Waals surface area (Å²) in [5, 5.41) is 11.8. The Hall–Kier alpha value is -1.18. The molecule has 0 aliphatic carbocycles. The Bertz CT molecular complexity index is 488. The second-order valence-corrected chi connectivity index (χ2v) is 5.95. The smallest absolute Gasteiger partial charge is 0.243 e. The summed E-state index contributed by atoms with van der Waals surface area (Å²) in [4.78, 5) is 4.15. The molecule has 102 valence electrons. The van der Waals surface area contributed by atoms with Crippen LogP contribution in [-0.4, -0.2) is 49.1 Å². The molecule has 1 aromatic heterocycles. The molecule has 7 heteroatoms. The largest absolute Gasteiger partial charge is 0.395 e. The lowest BCUT2D eigenvalue weighted by Gasteiger charge is -2.25. The maximum atomic E-state index is 12.4. The molecule has 18 heavy (non-hydrogen) atoms. The Morgan fingerprint density at radius 3 is 2.67 bits per heavy atom. The van der Waals surface area contributed by atoms with Gasteiger partial charge in [-0.2, -0.15) is 4.31 Å². The number of hydrogen-bond donors (Lipinski definition) is 2. The first-order valence-electron chi connectivity index (χ1n) is 5.70. The van der Waals surface area contributed by atoms with Gasteiger partial charge in [-0.3, -0.25) is 0 Å². The summed E-state index contributed by atoms with van der Waals surface area (Å²) in [5.74, 6) is 0.490. The van der Waals surface area contributed by atoms with E-state index in [0.29, 0.717) is 5.82 Å². The third kappa shape index (κ3) is 3.18. The van der Waals surface area contributed by atoms with E-state index in [2.05, 4.69) is 10.3 Å². The molecule has 0 aliphatic rings. The minimum atomic E-state index is -3.60. The van der Waals surface area contributed by atoms with Crippen LogP contribution in [0.2, 0.25) is 0 Å². The van der Waals surface area contributed by atoms with Gasteiger partial charge in [-0.25, -0.2) is 13.4 Å². The highest BCUT2D eigenvalue weighted by Gasteiger charge is 2.26. The van der Waals surface area contributed by atoms with Gasteiger partial charge in [0.1, 0.15) is 5.82 Å². The maximum Gasteiger partial charge on any atom is 0.243 e. The summed E-state index contributed by atoms with van der Waals surface area (Å²) in [7, 11) is -1.93. The van der Waals surface area contributed by atoms with Gasteiger partial charge < -0.3 is 10.4 Å². The number of aliphatic hydroxyl groups excluding tert-OH is 1. The van der Waals surface area contributed by atoms with Crippen LogP contribution in [0.4, 0.5) is 5.82 Å². The predicted octanol–water partition coefficient (Wildman–Crippen LogP) is 0.515. The number of hydrogen-bond acceptors (Lipinski definition) is 5. The second-order valence-electron chi connectivity index (χ2n) is 4.06. The molecule has 1 rings (SSSR count). The van der Waals surface area contributed by atoms with Crippen LogP contribution >= 0.6 is 0 Å². The van der Waals surface area contributed by atoms with E-state index in [1.807, 2.05) is 0 Å². The van der Waals surface area contributed by atoms with E-state index >= 15 is 0 Å². The Balaban J connectivity index is 3.17. The lowest BCUT2D eigenvalue weighted by molar-refractivity contribution is 0.236. The van der Waals surface area contributed by atoms with E-state index in [9.17, 15) is 8.42 Å². The highest BCUT2D eigenvalue weighted by molar-refractivity contribution is 7.89. The topological polar surface area (TPSA) is 82.5 Å². The molecule has 0 radical (unpaired) electrons. The standard InChI is InChI=1S/C11H19N3O3S/c1-9(2)14(6-7-15)18(16,17)10-4-5-13-11(8-10)12-3/h4-5,8-9,15H,6-7H2,1-3H3,(H,12,13). The number of aliphatic hydroxyl groups is 1. The van der Waals surface area contributed by atoms with Gasteiger partial charge in [0.15, 0.2) is 0 Å². The molecule has 0 unspecified atom stereocenters. The summed E-state index contributed by atoms with van der Waals surface area (Å²) in [6.07, 6.45) is 1.44. The van der Waals surface area contributed by atoms with E-state index in [4.69, 9.17) is 5.11 Å². The first-order chi connectivity index (χ1) is 8.43. The zero-order valence-electron chi connectivity index (χ0n) is 10.8. The van der Waals surface area contributed by atoms with E-state index in [0.717, 1.165) is 0 Å². The summed E-state index contributed by atoms with van der Waals surface area (Å²) in [5.41, 5.74) is 0. The second kappa shape index (κ2) is 6.12. The van der Waals surface area contributed by atoms with Gasteiger partial charge >= 0.3 is 0 Å². The molecule has 0 atom stereocenters. The SMILES string of the molecule is CNc1cc(S(=O)(=O)N(CCO)C(C)C)ccn1. The van der Waals surface area contributed by atoms with Crippen LogP contribution in [0.1, 0.15) is 13.8 Å². The highest BCUT2D eigenvalue weighted by Crippen LogP contribution is 2.19. The van der Waals surface area contributed by atoms with Gasteiger partial charge in [-0.15, -0.1) is 0 Å². The van der Waals surface area contributed by atoms with E-state index in [1.54, 1.807) is 20.9 Å². The average Bonchev–Trinajstić information content (AvgIpc) is 2.35. The summed E-state index contributed by atoms with van der Waals surface area (Å²) in [6.45, 7) is 3.42. The van der Waals surface area contributed by atoms with E-state index in [-0.39, 0.29) is 24.1 Å². The Kier molecular flexibility index (Phi) is 5.06. The van der Waals surface area contributed by atoms with Crippen LogP contribution in [0.5, 0.6) is 0 Å². The molecule has 6 nitrogen and oxygen atoms in total. The molecule has 0 bridgehead atoms. The fourth-order valence-electron chi connectivity index (χ4n) is 1.60. The molecule has 0 amide bonds. The maximum absolute atomic E-state index is 12.4. The van der Waals surface area contributed by atoms with Gasteiger partial charge in [0.25, 0.3) is 0 Å². The zero-order valence-corrected chi connectivity index (χ0v) is 11.6. The third-order valence-electron chi connectivity index (χ3n) is 2.49. The van der Waals surface area contributed by atoms with E-state index < -0.39 is 10.0 Å². The average molecular weight is 273 g/mol. The predicted molar refractivity (Wildman–Crippen MR) is 69.9 cm³/mol. The Morgan fingerprint density at radius 1 is 1.50 bits per heavy atom. The molecule has 0 aromatic carbocycles. The van der Waals surface area contributed by atoms with Gasteiger partial charge in [-0.1, -0.05) is 0 Å². The van der Waals surface area contributed by atoms with Crippen LogP contribution in [0.3, 0.4) is 0 Å². The number of sulfonamides is 1. The van der Waals surface area contributed by atoms with Gasteiger partial charge in [0.05, 0.1) is 11.5 Å². The van der Waals surface area contributed by atoms with Gasteiger partial charge in [-0.05, 0) is 19.9 Å². The number of aromatic nitrogens is 1. The van der Waals surface area contributed by atoms with Crippen molar-refractivity contribution < 1.29 is 13.5 Å². The van der Waals surface area contributed by atoms with E-state index in [1.165, 1.54) is 22.6 Å². The number of anilines is 1. The van der Waals surface area contributed by atoms with Crippen LogP contribution < -0.4 is 5.32 Å². The van der Waals surface area contributed by atoms with Crippen LogP contribution in [0.15, 0.2) is 23.2 Å². The first-order valence-corrected chi connectivity index (χ1v) is 7.14. The molecule has 1 heterocycles. The number of pyridine rings is 1. The van der Waals surface area contributed by atoms with Crippen molar-refractivity contribution in [1.29, 1.82) is 0 Å². The summed E-state index contributed by atoms with van der Waals surface area (Å²) in [6, 6.07) is 2.71. The lowest BCUT2D eigenvalue weighted by atomic mass is 10.4. The van der Waals surface area contributed by atoms with Crippen molar-refractivity contribution >= 4 is 15.8 Å². The van der Waals surface area contributed by atoms with Crippen molar-refractivity contribution in [3.8, 4) is 0 Å². The molecule has 0 aliphatic heterocycles. The number of nitrogens with one attached hydrogen (secondary N) is 1. The summed E-state index contributed by atoms with van der Waals surface area (Å²) < 4.78 is 26.0. The van der Waals surface area contributed by atoms with Crippen LogP contribution in [-0.2, 0) is 10.0 Å². The molecular weight excluding hydrogens is 254 g/mol. The monoisotopic (exact) mass is 273 g/mol. The zero-order chi connectivity index (χ0) is 13.8. The van der Waals surface area contributed by atoms with Crippen molar-refractivity contribution in [3.63, 3.8) is 0 Å². The van der Waals surface area contributed by atoms with Crippen molar-refractivity contribution in [2.75, 3.05) is 25.5 Å².